The van der Waals surface area contributed by atoms with Gasteiger partial charge in [0.1, 0.15) is 5.82 Å². The highest BCUT2D eigenvalue weighted by Gasteiger charge is 2.28. The fourth-order valence-electron chi connectivity index (χ4n) is 4.04. The maximum atomic E-state index is 9.28. The van der Waals surface area contributed by atoms with Gasteiger partial charge in [0.2, 0.25) is 5.88 Å². The lowest BCUT2D eigenvalue weighted by Gasteiger charge is -2.20. The van der Waals surface area contributed by atoms with E-state index in [4.69, 9.17) is 21.3 Å². The van der Waals surface area contributed by atoms with Crippen LogP contribution in [-0.4, -0.2) is 58.5 Å². The van der Waals surface area contributed by atoms with Gasteiger partial charge < -0.3 is 19.8 Å². The smallest absolute Gasteiger partial charge is 0.221 e. The van der Waals surface area contributed by atoms with Crippen molar-refractivity contribution in [2.45, 2.75) is 19.6 Å². The molecular weight excluding hydrogens is 428 g/mol. The number of aromatic nitrogens is 2. The van der Waals surface area contributed by atoms with E-state index in [1.165, 1.54) is 0 Å². The number of methoxy groups -OCH3 is 1. The molecule has 168 valence electrons. The van der Waals surface area contributed by atoms with Crippen molar-refractivity contribution < 1.29 is 14.9 Å². The van der Waals surface area contributed by atoms with Crippen LogP contribution in [0.2, 0.25) is 5.02 Å². The molecule has 8 heteroatoms. The molecule has 0 aliphatic carbocycles. The second-order valence-corrected chi connectivity index (χ2v) is 8.04. The Kier molecular flexibility index (Phi) is 7.22. The van der Waals surface area contributed by atoms with Gasteiger partial charge in [0.25, 0.3) is 0 Å². The molecule has 0 fully saturated rings. The minimum Gasteiger partial charge on any atom is -0.481 e. The van der Waals surface area contributed by atoms with Gasteiger partial charge in [-0.15, -0.1) is 0 Å². The van der Waals surface area contributed by atoms with Crippen molar-refractivity contribution in [3.63, 3.8) is 0 Å². The summed E-state index contributed by atoms with van der Waals surface area (Å²) in [5.41, 5.74) is 4.86. The number of halogens is 1. The van der Waals surface area contributed by atoms with Crippen LogP contribution in [0.25, 0.3) is 11.1 Å². The van der Waals surface area contributed by atoms with Crippen LogP contribution in [0.15, 0.2) is 48.5 Å². The van der Waals surface area contributed by atoms with E-state index in [1.807, 2.05) is 41.3 Å². The van der Waals surface area contributed by atoms with Crippen LogP contribution in [0.4, 0.5) is 5.69 Å². The minimum atomic E-state index is 0.00606. The summed E-state index contributed by atoms with van der Waals surface area (Å²) in [5, 5.41) is 19.3. The van der Waals surface area contributed by atoms with Crippen LogP contribution in [0, 0.1) is 0 Å². The summed E-state index contributed by atoms with van der Waals surface area (Å²) >= 11 is 6.85. The van der Waals surface area contributed by atoms with Gasteiger partial charge in [0.15, 0.2) is 0 Å². The zero-order valence-electron chi connectivity index (χ0n) is 18.0. The Bertz CT molecular complexity index is 1060. The van der Waals surface area contributed by atoms with Gasteiger partial charge in [-0.2, -0.15) is 4.98 Å². The Balaban J connectivity index is 1.61. The van der Waals surface area contributed by atoms with Crippen molar-refractivity contribution in [1.29, 1.82) is 0 Å². The Morgan fingerprint density at radius 3 is 2.44 bits per heavy atom. The summed E-state index contributed by atoms with van der Waals surface area (Å²) in [7, 11) is 1.61. The summed E-state index contributed by atoms with van der Waals surface area (Å²) in [5.74, 6) is 1.16. The van der Waals surface area contributed by atoms with E-state index >= 15 is 0 Å². The van der Waals surface area contributed by atoms with Crippen molar-refractivity contribution in [1.82, 2.24) is 14.9 Å². The molecule has 7 nitrogen and oxygen atoms in total. The molecule has 3 aromatic rings. The summed E-state index contributed by atoms with van der Waals surface area (Å²) < 4.78 is 5.58. The van der Waals surface area contributed by atoms with Gasteiger partial charge in [-0.1, -0.05) is 54.1 Å². The SMILES string of the molecule is COc1nc(CN(CCO)CCO)nc2c1CN(c1cccc(-c3ccccc3)c1Cl)C2. The van der Waals surface area contributed by atoms with E-state index < -0.39 is 0 Å². The number of hydrogen-bond donors (Lipinski definition) is 2. The number of ether oxygens (including phenoxy) is 1. The normalized spacial score (nSPS) is 13.0. The zero-order valence-corrected chi connectivity index (χ0v) is 18.8. The Morgan fingerprint density at radius 2 is 1.75 bits per heavy atom. The van der Waals surface area contributed by atoms with Crippen LogP contribution >= 0.6 is 11.6 Å². The molecule has 2 N–H and O–H groups in total. The molecule has 0 atom stereocenters. The van der Waals surface area contributed by atoms with Crippen LogP contribution in [0.3, 0.4) is 0 Å². The predicted octanol–water partition coefficient (Wildman–Crippen LogP) is 3.11. The maximum Gasteiger partial charge on any atom is 0.221 e. The summed E-state index contributed by atoms with van der Waals surface area (Å²) in [4.78, 5) is 13.4. The lowest BCUT2D eigenvalue weighted by molar-refractivity contribution is 0.153. The quantitative estimate of drug-likeness (QED) is 0.514. The summed E-state index contributed by atoms with van der Waals surface area (Å²) in [6.45, 7) is 2.52. The number of anilines is 1. The molecule has 1 aliphatic rings. The second-order valence-electron chi connectivity index (χ2n) is 7.66. The zero-order chi connectivity index (χ0) is 22.5. The lowest BCUT2D eigenvalue weighted by atomic mass is 10.0. The third-order valence-corrected chi connectivity index (χ3v) is 5.98. The summed E-state index contributed by atoms with van der Waals surface area (Å²) in [6, 6.07) is 16.2. The minimum absolute atomic E-state index is 0.00606. The monoisotopic (exact) mass is 454 g/mol. The van der Waals surface area contributed by atoms with E-state index in [-0.39, 0.29) is 13.2 Å². The van der Waals surface area contributed by atoms with Gasteiger partial charge in [-0.25, -0.2) is 4.98 Å². The van der Waals surface area contributed by atoms with E-state index in [0.717, 1.165) is 28.1 Å². The molecule has 4 rings (SSSR count). The average Bonchev–Trinajstić information content (AvgIpc) is 3.23. The Labute approximate surface area is 192 Å². The maximum absolute atomic E-state index is 9.28. The number of aliphatic hydroxyl groups is 2. The first-order chi connectivity index (χ1) is 15.6. The molecule has 0 amide bonds. The summed E-state index contributed by atoms with van der Waals surface area (Å²) in [6.07, 6.45) is 0. The van der Waals surface area contributed by atoms with Gasteiger partial charge in [0, 0.05) is 18.7 Å². The molecule has 1 aromatic heterocycles. The molecule has 2 aromatic carbocycles. The van der Waals surface area contributed by atoms with Gasteiger partial charge in [-0.3, -0.25) is 4.90 Å². The molecule has 0 saturated carbocycles. The first-order valence-corrected chi connectivity index (χ1v) is 11.0. The van der Waals surface area contributed by atoms with Crippen LogP contribution in [0.5, 0.6) is 5.88 Å². The van der Waals surface area contributed by atoms with E-state index in [0.29, 0.717) is 49.5 Å². The number of nitrogens with zero attached hydrogens (tertiary/aromatic N) is 4. The second kappa shape index (κ2) is 10.3. The van der Waals surface area contributed by atoms with E-state index in [1.54, 1.807) is 7.11 Å². The molecule has 0 bridgehead atoms. The van der Waals surface area contributed by atoms with Crippen molar-refractivity contribution in [2.75, 3.05) is 38.3 Å². The number of hydrogen-bond acceptors (Lipinski definition) is 7. The highest BCUT2D eigenvalue weighted by Crippen LogP contribution is 2.40. The molecule has 0 spiro atoms. The van der Waals surface area contributed by atoms with Gasteiger partial charge >= 0.3 is 0 Å². The number of aliphatic hydroxyl groups excluding tert-OH is 2. The van der Waals surface area contributed by atoms with Gasteiger partial charge in [0.05, 0.1) is 61.9 Å². The predicted molar refractivity (Wildman–Crippen MR) is 125 cm³/mol. The van der Waals surface area contributed by atoms with Crippen molar-refractivity contribution in [3.05, 3.63) is 70.6 Å². The molecular formula is C24H27ClN4O3. The third kappa shape index (κ3) is 4.71. The lowest BCUT2D eigenvalue weighted by Crippen LogP contribution is -2.30. The largest absolute Gasteiger partial charge is 0.481 e. The average molecular weight is 455 g/mol. The standard InChI is InChI=1S/C24H27ClN4O3/c1-32-24-19-14-29(15-20(19)26-22(27-24)16-28(10-12-30)11-13-31)21-9-5-8-18(23(21)25)17-6-3-2-4-7-17/h2-9,30-31H,10-16H2,1H3. The fraction of sp³-hybridized carbons (Fsp3) is 0.333. The van der Waals surface area contributed by atoms with Crippen LogP contribution < -0.4 is 9.64 Å². The van der Waals surface area contributed by atoms with E-state index in [9.17, 15) is 10.2 Å². The number of fused-ring (bicyclic) bond motifs is 1. The third-order valence-electron chi connectivity index (χ3n) is 5.59. The van der Waals surface area contributed by atoms with E-state index in [2.05, 4.69) is 22.0 Å². The highest BCUT2D eigenvalue weighted by molar-refractivity contribution is 6.36. The van der Waals surface area contributed by atoms with Crippen molar-refractivity contribution in [3.8, 4) is 17.0 Å². The molecule has 2 heterocycles. The number of rotatable bonds is 9. The molecule has 0 radical (unpaired) electrons. The molecule has 0 saturated heterocycles. The first kappa shape index (κ1) is 22.5. The van der Waals surface area contributed by atoms with Crippen molar-refractivity contribution in [2.24, 2.45) is 0 Å². The topological polar surface area (TPSA) is 82.0 Å². The van der Waals surface area contributed by atoms with Crippen LogP contribution in [-0.2, 0) is 19.6 Å². The number of benzene rings is 2. The Hall–Kier alpha value is -2.71. The Morgan fingerprint density at radius 1 is 1.00 bits per heavy atom. The van der Waals surface area contributed by atoms with Crippen molar-refractivity contribution >= 4 is 17.3 Å². The molecule has 1 aliphatic heterocycles. The first-order valence-electron chi connectivity index (χ1n) is 10.6. The van der Waals surface area contributed by atoms with Crippen LogP contribution in [0.1, 0.15) is 17.1 Å². The highest BCUT2D eigenvalue weighted by atomic mass is 35.5. The molecule has 32 heavy (non-hydrogen) atoms. The molecule has 0 unspecified atom stereocenters. The fourth-order valence-corrected chi connectivity index (χ4v) is 4.40. The van der Waals surface area contributed by atoms with Gasteiger partial charge in [-0.05, 0) is 11.6 Å².